The monoisotopic (exact) mass is 420 g/mol. The Morgan fingerprint density at radius 3 is 2.70 bits per heavy atom. The predicted molar refractivity (Wildman–Crippen MR) is 112 cm³/mol. The standard InChI is InChI=1S/C21H16N4O4S/c1-28-15-4-5-17-16(12-15)23-20(14-3-6-18-13(11-14)8-10-29-18)25(17)19-7-9-22-21(24-19)30(2,26)27/h3-12H,1-2H3. The van der Waals surface area contributed by atoms with E-state index in [9.17, 15) is 8.42 Å². The highest BCUT2D eigenvalue weighted by Gasteiger charge is 2.19. The van der Waals surface area contributed by atoms with Crippen molar-refractivity contribution in [3.8, 4) is 23.0 Å². The molecule has 2 aromatic carbocycles. The molecule has 0 spiro atoms. The summed E-state index contributed by atoms with van der Waals surface area (Å²) in [4.78, 5) is 13.0. The lowest BCUT2D eigenvalue weighted by Crippen LogP contribution is -2.08. The molecule has 0 radical (unpaired) electrons. The highest BCUT2D eigenvalue weighted by atomic mass is 32.2. The summed E-state index contributed by atoms with van der Waals surface area (Å²) < 4.78 is 36.6. The summed E-state index contributed by atoms with van der Waals surface area (Å²) in [6.45, 7) is 0. The zero-order valence-corrected chi connectivity index (χ0v) is 16.9. The van der Waals surface area contributed by atoms with Crippen molar-refractivity contribution in [3.63, 3.8) is 0 Å². The largest absolute Gasteiger partial charge is 0.497 e. The van der Waals surface area contributed by atoms with E-state index in [0.29, 0.717) is 22.9 Å². The van der Waals surface area contributed by atoms with Crippen LogP contribution >= 0.6 is 0 Å². The number of sulfone groups is 1. The summed E-state index contributed by atoms with van der Waals surface area (Å²) in [5, 5.41) is 0.690. The molecule has 0 aliphatic carbocycles. The number of benzene rings is 2. The van der Waals surface area contributed by atoms with Crippen LogP contribution in [0.25, 0.3) is 39.2 Å². The lowest BCUT2D eigenvalue weighted by Gasteiger charge is -2.09. The maximum atomic E-state index is 12.0. The van der Waals surface area contributed by atoms with Crippen molar-refractivity contribution in [2.75, 3.05) is 13.4 Å². The Kier molecular flexibility index (Phi) is 4.07. The predicted octanol–water partition coefficient (Wildman–Crippen LogP) is 3.64. The van der Waals surface area contributed by atoms with Gasteiger partial charge in [0.1, 0.15) is 23.0 Å². The van der Waals surface area contributed by atoms with E-state index in [0.717, 1.165) is 28.3 Å². The van der Waals surface area contributed by atoms with E-state index in [1.165, 1.54) is 6.20 Å². The minimum atomic E-state index is -3.57. The van der Waals surface area contributed by atoms with Gasteiger partial charge in [0.2, 0.25) is 15.0 Å². The molecule has 8 nitrogen and oxygen atoms in total. The summed E-state index contributed by atoms with van der Waals surface area (Å²) in [5.41, 5.74) is 3.05. The van der Waals surface area contributed by atoms with Crippen LogP contribution in [0.5, 0.6) is 5.75 Å². The van der Waals surface area contributed by atoms with Gasteiger partial charge in [-0.05, 0) is 42.5 Å². The molecule has 5 aromatic rings. The average Bonchev–Trinajstić information content (AvgIpc) is 3.36. The Bertz CT molecular complexity index is 1520. The van der Waals surface area contributed by atoms with Gasteiger partial charge in [0.15, 0.2) is 0 Å². The summed E-state index contributed by atoms with van der Waals surface area (Å²) in [6.07, 6.45) is 4.14. The topological polar surface area (TPSA) is 100 Å². The van der Waals surface area contributed by atoms with Gasteiger partial charge in [-0.15, -0.1) is 0 Å². The van der Waals surface area contributed by atoms with Crippen molar-refractivity contribution in [3.05, 3.63) is 61.0 Å². The Hall–Kier alpha value is -3.72. The van der Waals surface area contributed by atoms with Crippen LogP contribution < -0.4 is 4.74 Å². The van der Waals surface area contributed by atoms with Crippen molar-refractivity contribution in [1.82, 2.24) is 19.5 Å². The van der Waals surface area contributed by atoms with Crippen LogP contribution in [0.2, 0.25) is 0 Å². The van der Waals surface area contributed by atoms with Gasteiger partial charge < -0.3 is 9.15 Å². The van der Waals surface area contributed by atoms with Gasteiger partial charge in [-0.3, -0.25) is 4.57 Å². The van der Waals surface area contributed by atoms with E-state index < -0.39 is 9.84 Å². The third-order valence-electron chi connectivity index (χ3n) is 4.75. The molecular weight excluding hydrogens is 404 g/mol. The molecule has 3 heterocycles. The van der Waals surface area contributed by atoms with E-state index >= 15 is 0 Å². The maximum Gasteiger partial charge on any atom is 0.248 e. The van der Waals surface area contributed by atoms with Crippen molar-refractivity contribution < 1.29 is 17.6 Å². The fourth-order valence-corrected chi connectivity index (χ4v) is 3.87. The van der Waals surface area contributed by atoms with Gasteiger partial charge in [-0.1, -0.05) is 0 Å². The number of methoxy groups -OCH3 is 1. The van der Waals surface area contributed by atoms with Crippen molar-refractivity contribution in [2.24, 2.45) is 0 Å². The van der Waals surface area contributed by atoms with Crippen LogP contribution in [-0.4, -0.2) is 41.3 Å². The molecule has 0 saturated heterocycles. The zero-order valence-electron chi connectivity index (χ0n) is 16.1. The van der Waals surface area contributed by atoms with E-state index in [2.05, 4.69) is 9.97 Å². The Labute approximate surface area is 171 Å². The summed E-state index contributed by atoms with van der Waals surface area (Å²) in [5.74, 6) is 1.68. The van der Waals surface area contributed by atoms with Gasteiger partial charge in [0, 0.05) is 29.5 Å². The number of ether oxygens (including phenoxy) is 1. The van der Waals surface area contributed by atoms with Gasteiger partial charge in [-0.2, -0.15) is 0 Å². The van der Waals surface area contributed by atoms with Crippen molar-refractivity contribution in [2.45, 2.75) is 5.16 Å². The molecule has 0 aliphatic heterocycles. The highest BCUT2D eigenvalue weighted by molar-refractivity contribution is 7.90. The molecule has 150 valence electrons. The molecule has 0 atom stereocenters. The summed E-state index contributed by atoms with van der Waals surface area (Å²) >= 11 is 0. The molecular formula is C21H16N4O4S. The average molecular weight is 420 g/mol. The van der Waals surface area contributed by atoms with E-state index in [1.54, 1.807) is 19.4 Å². The fourth-order valence-electron chi connectivity index (χ4n) is 3.35. The van der Waals surface area contributed by atoms with Gasteiger partial charge in [0.25, 0.3) is 0 Å². The number of aromatic nitrogens is 4. The minimum Gasteiger partial charge on any atom is -0.497 e. The minimum absolute atomic E-state index is 0.244. The number of nitrogens with zero attached hydrogens (tertiary/aromatic N) is 4. The molecule has 0 aliphatic rings. The van der Waals surface area contributed by atoms with Crippen LogP contribution in [0, 0.1) is 0 Å². The van der Waals surface area contributed by atoms with Crippen molar-refractivity contribution >= 4 is 31.8 Å². The SMILES string of the molecule is COc1ccc2c(c1)nc(-c1ccc3occc3c1)n2-c1ccnc(S(C)(=O)=O)n1. The van der Waals surface area contributed by atoms with Crippen LogP contribution in [0.3, 0.4) is 0 Å². The lowest BCUT2D eigenvalue weighted by atomic mass is 10.1. The van der Waals surface area contributed by atoms with Gasteiger partial charge in [-0.25, -0.2) is 23.4 Å². The zero-order chi connectivity index (χ0) is 20.9. The summed E-state index contributed by atoms with van der Waals surface area (Å²) in [7, 11) is -1.98. The number of hydrogen-bond donors (Lipinski definition) is 0. The molecule has 0 fully saturated rings. The number of rotatable bonds is 4. The first kappa shape index (κ1) is 18.3. The maximum absolute atomic E-state index is 12.0. The molecule has 0 amide bonds. The Morgan fingerprint density at radius 2 is 1.90 bits per heavy atom. The molecule has 9 heteroatoms. The van der Waals surface area contributed by atoms with E-state index in [4.69, 9.17) is 14.1 Å². The molecule has 30 heavy (non-hydrogen) atoms. The number of fused-ring (bicyclic) bond motifs is 2. The first-order valence-corrected chi connectivity index (χ1v) is 10.9. The lowest BCUT2D eigenvalue weighted by molar-refractivity contribution is 0.415. The second-order valence-corrected chi connectivity index (χ2v) is 8.68. The highest BCUT2D eigenvalue weighted by Crippen LogP contribution is 2.32. The van der Waals surface area contributed by atoms with Crippen LogP contribution in [0.15, 0.2) is 70.6 Å². The number of hydrogen-bond acceptors (Lipinski definition) is 7. The number of furan rings is 1. The molecule has 3 aromatic heterocycles. The first-order valence-electron chi connectivity index (χ1n) is 9.02. The molecule has 0 unspecified atom stereocenters. The normalized spacial score (nSPS) is 11.9. The third kappa shape index (κ3) is 3.00. The van der Waals surface area contributed by atoms with E-state index in [1.807, 2.05) is 47.0 Å². The van der Waals surface area contributed by atoms with Crippen LogP contribution in [0.4, 0.5) is 0 Å². The molecule has 5 rings (SSSR count). The molecule has 0 saturated carbocycles. The Balaban J connectivity index is 1.82. The Morgan fingerprint density at radius 1 is 1.03 bits per heavy atom. The second kappa shape index (κ2) is 6.67. The van der Waals surface area contributed by atoms with Crippen LogP contribution in [-0.2, 0) is 9.84 Å². The van der Waals surface area contributed by atoms with E-state index in [-0.39, 0.29) is 5.16 Å². The number of imidazole rings is 1. The fraction of sp³-hybridized carbons (Fsp3) is 0.0952. The molecule has 0 bridgehead atoms. The first-order chi connectivity index (χ1) is 14.4. The van der Waals surface area contributed by atoms with Crippen LogP contribution in [0.1, 0.15) is 0 Å². The van der Waals surface area contributed by atoms with Crippen molar-refractivity contribution in [1.29, 1.82) is 0 Å². The second-order valence-electron chi connectivity index (χ2n) is 6.77. The van der Waals surface area contributed by atoms with Gasteiger partial charge >= 0.3 is 0 Å². The van der Waals surface area contributed by atoms with Gasteiger partial charge in [0.05, 0.1) is 24.4 Å². The quantitative estimate of drug-likeness (QED) is 0.409. The molecule has 0 N–H and O–H groups in total. The third-order valence-corrected chi connectivity index (χ3v) is 5.61. The smallest absolute Gasteiger partial charge is 0.248 e. The summed E-state index contributed by atoms with van der Waals surface area (Å²) in [6, 6.07) is 14.8.